The zero-order valence-electron chi connectivity index (χ0n) is 9.92. The maximum absolute atomic E-state index is 5.15. The highest BCUT2D eigenvalue weighted by Crippen LogP contribution is 2.18. The average Bonchev–Trinajstić information content (AvgIpc) is 2.97. The van der Waals surface area contributed by atoms with Crippen molar-refractivity contribution >= 4 is 0 Å². The monoisotopic (exact) mass is 200 g/mol. The fraction of sp³-hybridized carbons (Fsp3) is 1.00. The normalized spacial score (nSPS) is 21.2. The molecule has 3 nitrogen and oxygen atoms in total. The summed E-state index contributed by atoms with van der Waals surface area (Å²) < 4.78 is 5.15. The van der Waals surface area contributed by atoms with Gasteiger partial charge in [0, 0.05) is 31.8 Å². The molecular weight excluding hydrogens is 176 g/mol. The second kappa shape index (κ2) is 5.69. The van der Waals surface area contributed by atoms with E-state index in [0.29, 0.717) is 12.1 Å². The van der Waals surface area contributed by atoms with Gasteiger partial charge in [0.1, 0.15) is 0 Å². The number of nitrogens with zero attached hydrogens (tertiary/aromatic N) is 1. The predicted octanol–water partition coefficient (Wildman–Crippen LogP) is 1.09. The second-order valence-corrected chi connectivity index (χ2v) is 4.50. The topological polar surface area (TPSA) is 24.5 Å². The van der Waals surface area contributed by atoms with Crippen molar-refractivity contribution in [3.63, 3.8) is 0 Å². The summed E-state index contributed by atoms with van der Waals surface area (Å²) in [4.78, 5) is 2.37. The van der Waals surface area contributed by atoms with Crippen molar-refractivity contribution in [2.45, 2.75) is 44.8 Å². The lowest BCUT2D eigenvalue weighted by molar-refractivity contribution is 0.0934. The number of likely N-dealkylation sites (N-methyl/N-ethyl adjacent to an activating group) is 1. The Morgan fingerprint density at radius 3 is 2.50 bits per heavy atom. The maximum Gasteiger partial charge on any atom is 0.0615 e. The molecule has 1 aliphatic rings. The molecule has 2 atom stereocenters. The quantitative estimate of drug-likeness (QED) is 0.666. The van der Waals surface area contributed by atoms with Crippen LogP contribution in [0.5, 0.6) is 0 Å². The van der Waals surface area contributed by atoms with E-state index < -0.39 is 0 Å². The molecule has 0 heterocycles. The molecule has 0 saturated heterocycles. The molecule has 0 bridgehead atoms. The van der Waals surface area contributed by atoms with Crippen LogP contribution in [-0.2, 0) is 4.74 Å². The third-order valence-electron chi connectivity index (χ3n) is 3.08. The molecular formula is C11H24N2O. The van der Waals surface area contributed by atoms with Gasteiger partial charge in [-0.05, 0) is 33.7 Å². The molecule has 3 heteroatoms. The van der Waals surface area contributed by atoms with Crippen LogP contribution in [0, 0.1) is 0 Å². The van der Waals surface area contributed by atoms with E-state index in [1.54, 1.807) is 7.11 Å². The third kappa shape index (κ3) is 3.95. The number of methoxy groups -OCH3 is 1. The van der Waals surface area contributed by atoms with Crippen LogP contribution in [0.15, 0.2) is 0 Å². The molecule has 0 amide bonds. The van der Waals surface area contributed by atoms with Crippen LogP contribution in [0.1, 0.15) is 26.7 Å². The molecule has 0 aromatic heterocycles. The van der Waals surface area contributed by atoms with Crippen LogP contribution in [-0.4, -0.2) is 50.3 Å². The van der Waals surface area contributed by atoms with E-state index in [4.69, 9.17) is 4.74 Å². The predicted molar refractivity (Wildman–Crippen MR) is 59.6 cm³/mol. The van der Waals surface area contributed by atoms with E-state index in [0.717, 1.165) is 19.2 Å². The maximum atomic E-state index is 5.15. The Kier molecular flexibility index (Phi) is 4.85. The molecule has 1 aliphatic carbocycles. The first kappa shape index (κ1) is 12.0. The molecule has 0 spiro atoms. The van der Waals surface area contributed by atoms with Gasteiger partial charge in [0.2, 0.25) is 0 Å². The summed E-state index contributed by atoms with van der Waals surface area (Å²) in [7, 11) is 3.93. The first-order chi connectivity index (χ1) is 6.65. The van der Waals surface area contributed by atoms with E-state index in [9.17, 15) is 0 Å². The summed E-state index contributed by atoms with van der Waals surface area (Å²) in [6.07, 6.45) is 2.73. The molecule has 0 aliphatic heterocycles. The molecule has 1 fully saturated rings. The minimum Gasteiger partial charge on any atom is -0.383 e. The number of ether oxygens (including phenoxy) is 1. The van der Waals surface area contributed by atoms with Gasteiger partial charge in [0.25, 0.3) is 0 Å². The van der Waals surface area contributed by atoms with Gasteiger partial charge in [0.15, 0.2) is 0 Å². The Hall–Kier alpha value is -0.120. The van der Waals surface area contributed by atoms with Gasteiger partial charge < -0.3 is 10.1 Å². The third-order valence-corrected chi connectivity index (χ3v) is 3.08. The molecule has 14 heavy (non-hydrogen) atoms. The highest BCUT2D eigenvalue weighted by molar-refractivity contribution is 4.83. The van der Waals surface area contributed by atoms with Crippen LogP contribution in [0.4, 0.5) is 0 Å². The smallest absolute Gasteiger partial charge is 0.0615 e. The zero-order valence-corrected chi connectivity index (χ0v) is 9.92. The van der Waals surface area contributed by atoms with Crippen molar-refractivity contribution in [1.29, 1.82) is 0 Å². The van der Waals surface area contributed by atoms with Gasteiger partial charge in [-0.1, -0.05) is 0 Å². The first-order valence-electron chi connectivity index (χ1n) is 5.59. The lowest BCUT2D eigenvalue weighted by atomic mass is 10.2. The van der Waals surface area contributed by atoms with Gasteiger partial charge in [-0.3, -0.25) is 4.90 Å². The van der Waals surface area contributed by atoms with Gasteiger partial charge in [0.05, 0.1) is 6.61 Å². The molecule has 1 N–H and O–H groups in total. The number of rotatable bonds is 7. The highest BCUT2D eigenvalue weighted by atomic mass is 16.5. The van der Waals surface area contributed by atoms with Gasteiger partial charge >= 0.3 is 0 Å². The molecule has 0 aromatic carbocycles. The Balaban J connectivity index is 2.15. The average molecular weight is 200 g/mol. The molecule has 2 unspecified atom stereocenters. The lowest BCUT2D eigenvalue weighted by Gasteiger charge is -2.30. The Morgan fingerprint density at radius 2 is 2.00 bits per heavy atom. The van der Waals surface area contributed by atoms with E-state index in [-0.39, 0.29) is 0 Å². The zero-order chi connectivity index (χ0) is 10.6. The molecule has 1 rings (SSSR count). The van der Waals surface area contributed by atoms with E-state index in [1.165, 1.54) is 12.8 Å². The van der Waals surface area contributed by atoms with Crippen LogP contribution in [0.25, 0.3) is 0 Å². The summed E-state index contributed by atoms with van der Waals surface area (Å²) in [5.74, 6) is 0. The Bertz CT molecular complexity index is 159. The summed E-state index contributed by atoms with van der Waals surface area (Å²) >= 11 is 0. The summed E-state index contributed by atoms with van der Waals surface area (Å²) in [6.45, 7) is 6.37. The van der Waals surface area contributed by atoms with E-state index in [1.807, 2.05) is 0 Å². The van der Waals surface area contributed by atoms with E-state index >= 15 is 0 Å². The molecule has 0 aromatic rings. The van der Waals surface area contributed by atoms with Crippen LogP contribution in [0.2, 0.25) is 0 Å². The summed E-state index contributed by atoms with van der Waals surface area (Å²) in [6, 6.07) is 1.89. The van der Waals surface area contributed by atoms with Gasteiger partial charge in [-0.25, -0.2) is 0 Å². The van der Waals surface area contributed by atoms with Crippen molar-refractivity contribution in [2.75, 3.05) is 27.3 Å². The fourth-order valence-electron chi connectivity index (χ4n) is 1.56. The SMILES string of the molecule is COCC(C)N(C)C(C)CNC1CC1. The van der Waals surface area contributed by atoms with Crippen LogP contribution < -0.4 is 5.32 Å². The van der Waals surface area contributed by atoms with Crippen molar-refractivity contribution in [3.8, 4) is 0 Å². The minimum absolute atomic E-state index is 0.496. The number of nitrogens with one attached hydrogen (secondary N) is 1. The van der Waals surface area contributed by atoms with Gasteiger partial charge in [-0.2, -0.15) is 0 Å². The molecule has 1 saturated carbocycles. The Labute approximate surface area is 87.8 Å². The van der Waals surface area contributed by atoms with Crippen molar-refractivity contribution < 1.29 is 4.74 Å². The summed E-state index contributed by atoms with van der Waals surface area (Å²) in [5, 5.41) is 3.55. The fourth-order valence-corrected chi connectivity index (χ4v) is 1.56. The Morgan fingerprint density at radius 1 is 1.36 bits per heavy atom. The number of hydrogen-bond acceptors (Lipinski definition) is 3. The van der Waals surface area contributed by atoms with Crippen LogP contribution in [0.3, 0.4) is 0 Å². The van der Waals surface area contributed by atoms with Crippen molar-refractivity contribution in [1.82, 2.24) is 10.2 Å². The van der Waals surface area contributed by atoms with Crippen molar-refractivity contribution in [2.24, 2.45) is 0 Å². The highest BCUT2D eigenvalue weighted by Gasteiger charge is 2.22. The standard InChI is InChI=1S/C11H24N2O/c1-9(7-12-11-5-6-11)13(3)10(2)8-14-4/h9-12H,5-8H2,1-4H3. The molecule has 84 valence electrons. The minimum atomic E-state index is 0.496. The van der Waals surface area contributed by atoms with E-state index in [2.05, 4.69) is 31.1 Å². The van der Waals surface area contributed by atoms with Crippen molar-refractivity contribution in [3.05, 3.63) is 0 Å². The summed E-state index contributed by atoms with van der Waals surface area (Å²) in [5.41, 5.74) is 0. The largest absolute Gasteiger partial charge is 0.383 e. The molecule has 0 radical (unpaired) electrons. The number of hydrogen-bond donors (Lipinski definition) is 1. The lowest BCUT2D eigenvalue weighted by Crippen LogP contribution is -2.44. The van der Waals surface area contributed by atoms with Crippen LogP contribution >= 0.6 is 0 Å². The first-order valence-corrected chi connectivity index (χ1v) is 5.59. The van der Waals surface area contributed by atoms with Gasteiger partial charge in [-0.15, -0.1) is 0 Å². The second-order valence-electron chi connectivity index (χ2n) is 4.50.